The predicted molar refractivity (Wildman–Crippen MR) is 112 cm³/mol. The Kier molecular flexibility index (Phi) is 6.67. The van der Waals surface area contributed by atoms with Crippen LogP contribution < -0.4 is 10.2 Å². The van der Waals surface area contributed by atoms with Crippen LogP contribution in [0.3, 0.4) is 0 Å². The maximum absolute atomic E-state index is 14.7. The van der Waals surface area contributed by atoms with Gasteiger partial charge in [-0.05, 0) is 31.0 Å². The number of nitrogens with zero attached hydrogens (tertiary/aromatic N) is 3. The third-order valence-electron chi connectivity index (χ3n) is 6.00. The van der Waals surface area contributed by atoms with Crippen LogP contribution in [0.15, 0.2) is 23.1 Å². The Morgan fingerprint density at radius 2 is 1.81 bits per heavy atom. The van der Waals surface area contributed by atoms with Crippen molar-refractivity contribution in [3.05, 3.63) is 24.0 Å². The number of hydrogen-bond acceptors (Lipinski definition) is 5. The molecule has 1 saturated carbocycles. The van der Waals surface area contributed by atoms with Crippen LogP contribution in [-0.4, -0.2) is 59.0 Å². The number of nitrogens with one attached hydrogen (secondary N) is 1. The van der Waals surface area contributed by atoms with E-state index in [2.05, 4.69) is 5.32 Å². The molecule has 0 aromatic heterocycles. The SMILES string of the molecule is N#CN1CC(O)CC1C(=O)N(CC(=O)NC1CCC(F)(F)CC1)c1ccc(S(F)(F)(F)(F)F)cc1F. The summed E-state index contributed by atoms with van der Waals surface area (Å²) in [5.41, 5.74) is -0.949. The van der Waals surface area contributed by atoms with Gasteiger partial charge in [-0.1, -0.05) is 19.4 Å². The van der Waals surface area contributed by atoms with Crippen LogP contribution in [0, 0.1) is 17.3 Å². The normalized spacial score (nSPS) is 24.4. The highest BCUT2D eigenvalue weighted by Gasteiger charge is 2.65. The summed E-state index contributed by atoms with van der Waals surface area (Å²) in [7, 11) is -10.3. The van der Waals surface area contributed by atoms with Gasteiger partial charge < -0.3 is 10.4 Å². The molecule has 36 heavy (non-hydrogen) atoms. The van der Waals surface area contributed by atoms with Gasteiger partial charge in [0.15, 0.2) is 6.19 Å². The predicted octanol–water partition coefficient (Wildman–Crippen LogP) is 4.43. The van der Waals surface area contributed by atoms with Gasteiger partial charge in [0.05, 0.1) is 18.3 Å². The molecular weight excluding hydrogens is 528 g/mol. The van der Waals surface area contributed by atoms with Crippen LogP contribution in [0.25, 0.3) is 0 Å². The molecule has 2 N–H and O–H groups in total. The van der Waals surface area contributed by atoms with Crippen molar-refractivity contribution in [3.63, 3.8) is 0 Å². The van der Waals surface area contributed by atoms with Crippen molar-refractivity contribution in [3.8, 4) is 6.19 Å². The zero-order valence-corrected chi connectivity index (χ0v) is 19.3. The Balaban J connectivity index is 1.90. The number of amides is 2. The largest absolute Gasteiger partial charge is 0.391 e. The highest BCUT2D eigenvalue weighted by atomic mass is 32.5. The Labute approximate surface area is 200 Å². The van der Waals surface area contributed by atoms with Crippen molar-refractivity contribution < 1.29 is 47.3 Å². The molecule has 16 heteroatoms. The van der Waals surface area contributed by atoms with E-state index in [9.17, 15) is 52.6 Å². The van der Waals surface area contributed by atoms with E-state index >= 15 is 0 Å². The quantitative estimate of drug-likeness (QED) is 0.404. The molecule has 2 atom stereocenters. The summed E-state index contributed by atoms with van der Waals surface area (Å²) in [6, 6.07) is -2.49. The third kappa shape index (κ3) is 6.49. The molecule has 1 aliphatic carbocycles. The average Bonchev–Trinajstić information content (AvgIpc) is 3.12. The van der Waals surface area contributed by atoms with E-state index in [-0.39, 0.29) is 37.9 Å². The number of nitriles is 1. The van der Waals surface area contributed by atoms with Crippen molar-refractivity contribution in [2.75, 3.05) is 18.0 Å². The zero-order chi connectivity index (χ0) is 27.2. The standard InChI is InChI=1S/C20H22F8N4O3S/c21-15-8-14(36(24,25,26,27)28)1-2-16(15)32(19(35)17-7-13(33)9-31(17)11-29)10-18(34)30-12-3-5-20(22,23)6-4-12/h1-2,8,12-13,17,33H,3-7,9-10H2,(H,30,34). The topological polar surface area (TPSA) is 96.7 Å². The minimum Gasteiger partial charge on any atom is -0.391 e. The lowest BCUT2D eigenvalue weighted by atomic mass is 9.92. The summed E-state index contributed by atoms with van der Waals surface area (Å²) in [5.74, 6) is -6.92. The highest BCUT2D eigenvalue weighted by Crippen LogP contribution is 3.02. The van der Waals surface area contributed by atoms with Crippen LogP contribution in [0.4, 0.5) is 38.3 Å². The second kappa shape index (κ2) is 8.65. The summed E-state index contributed by atoms with van der Waals surface area (Å²) in [6.45, 7) is -1.29. The number of alkyl halides is 2. The van der Waals surface area contributed by atoms with Gasteiger partial charge in [0.2, 0.25) is 11.8 Å². The number of halogens is 8. The van der Waals surface area contributed by atoms with E-state index in [1.54, 1.807) is 6.19 Å². The lowest BCUT2D eigenvalue weighted by Crippen LogP contribution is -2.50. The molecule has 202 valence electrons. The number of β-amino-alcohol motifs (C(OH)–C–C–N with tert-alkyl or cyclic N) is 1. The second-order valence-electron chi connectivity index (χ2n) is 8.86. The van der Waals surface area contributed by atoms with Crippen LogP contribution >= 0.6 is 10.2 Å². The van der Waals surface area contributed by atoms with Crippen molar-refractivity contribution in [1.29, 1.82) is 5.26 Å². The van der Waals surface area contributed by atoms with Crippen molar-refractivity contribution >= 4 is 27.7 Å². The smallest absolute Gasteiger partial charge is 0.310 e. The van der Waals surface area contributed by atoms with Gasteiger partial charge in [-0.15, -0.1) is 0 Å². The van der Waals surface area contributed by atoms with E-state index < -0.39 is 88.0 Å². The van der Waals surface area contributed by atoms with E-state index in [1.807, 2.05) is 0 Å². The maximum atomic E-state index is 14.7. The summed E-state index contributed by atoms with van der Waals surface area (Å²) >= 11 is 0. The van der Waals surface area contributed by atoms with Gasteiger partial charge in [0.1, 0.15) is 23.3 Å². The molecule has 1 aromatic carbocycles. The maximum Gasteiger partial charge on any atom is 0.310 e. The number of aliphatic hydroxyl groups is 1. The lowest BCUT2D eigenvalue weighted by molar-refractivity contribution is -0.126. The molecule has 2 aliphatic rings. The summed E-state index contributed by atoms with van der Waals surface area (Å²) in [6.07, 6.45) is -1.08. The molecule has 2 amide bonds. The molecule has 0 spiro atoms. The first-order chi connectivity index (χ1) is 16.3. The number of rotatable bonds is 6. The van der Waals surface area contributed by atoms with Crippen LogP contribution in [0.2, 0.25) is 0 Å². The molecule has 1 aromatic rings. The van der Waals surface area contributed by atoms with Crippen molar-refractivity contribution in [1.82, 2.24) is 10.2 Å². The van der Waals surface area contributed by atoms with Gasteiger partial charge in [-0.25, -0.2) is 13.2 Å². The minimum atomic E-state index is -10.3. The number of hydrogen-bond donors (Lipinski definition) is 2. The lowest BCUT2D eigenvalue weighted by Gasteiger charge is -2.40. The number of carbonyl (C=O) groups excluding carboxylic acids is 2. The Bertz CT molecular complexity index is 1090. The first-order valence-electron chi connectivity index (χ1n) is 10.7. The number of carbonyl (C=O) groups is 2. The molecule has 1 saturated heterocycles. The highest BCUT2D eigenvalue weighted by molar-refractivity contribution is 8.45. The van der Waals surface area contributed by atoms with Crippen LogP contribution in [0.5, 0.6) is 0 Å². The Morgan fingerprint density at radius 1 is 1.19 bits per heavy atom. The molecule has 1 heterocycles. The molecular formula is C20H22F8N4O3S. The Morgan fingerprint density at radius 3 is 2.33 bits per heavy atom. The van der Waals surface area contributed by atoms with E-state index in [4.69, 9.17) is 0 Å². The number of anilines is 1. The molecule has 0 radical (unpaired) electrons. The minimum absolute atomic E-state index is 0.101. The van der Waals surface area contributed by atoms with Crippen molar-refractivity contribution in [2.45, 2.75) is 61.1 Å². The van der Waals surface area contributed by atoms with Crippen molar-refractivity contribution in [2.24, 2.45) is 0 Å². The molecule has 3 rings (SSSR count). The summed E-state index contributed by atoms with van der Waals surface area (Å²) < 4.78 is 107. The molecule has 1 aliphatic heterocycles. The fraction of sp³-hybridized carbons (Fsp3) is 0.550. The second-order valence-corrected chi connectivity index (χ2v) is 11.3. The van der Waals surface area contributed by atoms with E-state index in [1.165, 1.54) is 0 Å². The monoisotopic (exact) mass is 550 g/mol. The molecule has 2 unspecified atom stereocenters. The van der Waals surface area contributed by atoms with Crippen LogP contribution in [-0.2, 0) is 9.59 Å². The summed E-state index contributed by atoms with van der Waals surface area (Å²) in [5, 5.41) is 21.4. The molecule has 2 fully saturated rings. The first-order valence-corrected chi connectivity index (χ1v) is 12.6. The Hall–Kier alpha value is -2.80. The third-order valence-corrected chi connectivity index (χ3v) is 7.14. The van der Waals surface area contributed by atoms with Gasteiger partial charge in [0, 0.05) is 25.3 Å². The van der Waals surface area contributed by atoms with Gasteiger partial charge in [0.25, 0.3) is 5.91 Å². The number of likely N-dealkylation sites (tertiary alicyclic amines) is 1. The first kappa shape index (κ1) is 27.8. The number of benzene rings is 1. The number of aliphatic hydroxyl groups excluding tert-OH is 1. The molecule has 7 nitrogen and oxygen atoms in total. The van der Waals surface area contributed by atoms with Gasteiger partial charge in [-0.3, -0.25) is 19.4 Å². The van der Waals surface area contributed by atoms with E-state index in [0.29, 0.717) is 4.90 Å². The summed E-state index contributed by atoms with van der Waals surface area (Å²) in [4.78, 5) is 24.4. The van der Waals surface area contributed by atoms with Gasteiger partial charge in [-0.2, -0.15) is 5.26 Å². The molecule has 0 bridgehead atoms. The fourth-order valence-electron chi connectivity index (χ4n) is 4.17. The van der Waals surface area contributed by atoms with Crippen LogP contribution in [0.1, 0.15) is 32.1 Å². The van der Waals surface area contributed by atoms with E-state index in [0.717, 1.165) is 4.90 Å². The van der Waals surface area contributed by atoms with Gasteiger partial charge >= 0.3 is 10.2 Å². The average molecular weight is 550 g/mol. The fourth-order valence-corrected chi connectivity index (χ4v) is 4.82. The zero-order valence-electron chi connectivity index (χ0n) is 18.5.